The van der Waals surface area contributed by atoms with Gasteiger partial charge in [-0.15, -0.1) is 5.06 Å². The normalized spacial score (nSPS) is 17.4. The summed E-state index contributed by atoms with van der Waals surface area (Å²) in [4.78, 5) is 9.94. The van der Waals surface area contributed by atoms with Crippen molar-refractivity contribution in [2.75, 3.05) is 6.54 Å². The average molecular weight is 192 g/mol. The number of rotatable bonds is 0. The summed E-state index contributed by atoms with van der Waals surface area (Å²) in [5.74, 6) is 0.758. The van der Waals surface area contributed by atoms with Gasteiger partial charge in [0.1, 0.15) is 0 Å². The van der Waals surface area contributed by atoms with Crippen LogP contribution in [0.3, 0.4) is 0 Å². The Morgan fingerprint density at radius 3 is 2.93 bits per heavy atom. The third-order valence-corrected chi connectivity index (χ3v) is 2.38. The van der Waals surface area contributed by atoms with Crippen LogP contribution in [0.4, 0.5) is 0 Å². The molecule has 1 aromatic heterocycles. The van der Waals surface area contributed by atoms with Gasteiger partial charge < -0.3 is 4.84 Å². The van der Waals surface area contributed by atoms with Crippen LogP contribution < -0.4 is 4.84 Å². The van der Waals surface area contributed by atoms with Crippen LogP contribution in [0.15, 0.2) is 18.3 Å². The lowest BCUT2D eigenvalue weighted by Crippen LogP contribution is -2.47. The van der Waals surface area contributed by atoms with Crippen LogP contribution in [0.5, 0.6) is 5.88 Å². The third-order valence-electron chi connectivity index (χ3n) is 2.38. The number of aromatic nitrogens is 1. The van der Waals surface area contributed by atoms with Crippen molar-refractivity contribution in [1.82, 2.24) is 10.0 Å². The lowest BCUT2D eigenvalue weighted by atomic mass is 10.1. The molecule has 0 unspecified atom stereocenters. The van der Waals surface area contributed by atoms with Crippen LogP contribution >= 0.6 is 0 Å². The van der Waals surface area contributed by atoms with E-state index >= 15 is 0 Å². The SMILES string of the molecule is CC(C)(C)N1CCc2cccnc2O1. The molecule has 14 heavy (non-hydrogen) atoms. The average Bonchev–Trinajstić information content (AvgIpc) is 2.16. The second-order valence-corrected chi connectivity index (χ2v) is 4.58. The van der Waals surface area contributed by atoms with Gasteiger partial charge in [0.05, 0.1) is 0 Å². The first-order chi connectivity index (χ1) is 6.57. The third kappa shape index (κ3) is 1.73. The van der Waals surface area contributed by atoms with Gasteiger partial charge in [-0.1, -0.05) is 6.07 Å². The summed E-state index contributed by atoms with van der Waals surface area (Å²) in [5.41, 5.74) is 1.24. The molecule has 0 radical (unpaired) electrons. The largest absolute Gasteiger partial charge is 0.385 e. The molecular formula is C11H16N2O. The van der Waals surface area contributed by atoms with Crippen molar-refractivity contribution in [3.63, 3.8) is 0 Å². The Morgan fingerprint density at radius 2 is 2.21 bits per heavy atom. The van der Waals surface area contributed by atoms with E-state index < -0.39 is 0 Å². The second kappa shape index (κ2) is 3.24. The Bertz CT molecular complexity index is 330. The summed E-state index contributed by atoms with van der Waals surface area (Å²) < 4.78 is 0. The van der Waals surface area contributed by atoms with Gasteiger partial charge in [0.25, 0.3) is 0 Å². The first-order valence-corrected chi connectivity index (χ1v) is 4.97. The highest BCUT2D eigenvalue weighted by molar-refractivity contribution is 5.26. The molecule has 76 valence electrons. The van der Waals surface area contributed by atoms with Crippen molar-refractivity contribution < 1.29 is 4.84 Å². The maximum Gasteiger partial charge on any atom is 0.241 e. The Balaban J connectivity index is 2.22. The maximum atomic E-state index is 5.72. The number of fused-ring (bicyclic) bond motifs is 1. The Kier molecular flexibility index (Phi) is 2.19. The Labute approximate surface area is 84.7 Å². The second-order valence-electron chi connectivity index (χ2n) is 4.58. The van der Waals surface area contributed by atoms with Crippen LogP contribution in [-0.4, -0.2) is 22.1 Å². The summed E-state index contributed by atoms with van der Waals surface area (Å²) in [7, 11) is 0. The van der Waals surface area contributed by atoms with Crippen LogP contribution in [-0.2, 0) is 6.42 Å². The van der Waals surface area contributed by atoms with E-state index in [1.807, 2.05) is 11.1 Å². The first kappa shape index (κ1) is 9.46. The Hall–Kier alpha value is -1.09. The van der Waals surface area contributed by atoms with E-state index in [2.05, 4.69) is 31.8 Å². The fraction of sp³-hybridized carbons (Fsp3) is 0.545. The lowest BCUT2D eigenvalue weighted by molar-refractivity contribution is -0.137. The van der Waals surface area contributed by atoms with Gasteiger partial charge in [0.15, 0.2) is 0 Å². The molecule has 1 aliphatic rings. The zero-order valence-electron chi connectivity index (χ0n) is 8.95. The van der Waals surface area contributed by atoms with Gasteiger partial charge in [0.2, 0.25) is 5.88 Å². The van der Waals surface area contributed by atoms with Gasteiger partial charge in [0, 0.05) is 23.8 Å². The molecule has 3 heteroatoms. The molecule has 2 rings (SSSR count). The van der Waals surface area contributed by atoms with Crippen molar-refractivity contribution >= 4 is 0 Å². The zero-order chi connectivity index (χ0) is 10.2. The van der Waals surface area contributed by atoms with Crippen molar-refractivity contribution in [2.24, 2.45) is 0 Å². The molecule has 2 heterocycles. The van der Waals surface area contributed by atoms with Crippen molar-refractivity contribution in [3.05, 3.63) is 23.9 Å². The fourth-order valence-electron chi connectivity index (χ4n) is 1.54. The smallest absolute Gasteiger partial charge is 0.241 e. The van der Waals surface area contributed by atoms with Gasteiger partial charge >= 0.3 is 0 Å². The minimum Gasteiger partial charge on any atom is -0.385 e. The molecule has 1 aliphatic heterocycles. The minimum atomic E-state index is 0.0369. The highest BCUT2D eigenvalue weighted by atomic mass is 16.7. The van der Waals surface area contributed by atoms with Gasteiger partial charge in [-0.05, 0) is 33.3 Å². The number of hydrogen-bond donors (Lipinski definition) is 0. The van der Waals surface area contributed by atoms with E-state index in [-0.39, 0.29) is 5.54 Å². The molecule has 0 saturated heterocycles. The van der Waals surface area contributed by atoms with E-state index in [4.69, 9.17) is 4.84 Å². The van der Waals surface area contributed by atoms with E-state index in [9.17, 15) is 0 Å². The highest BCUT2D eigenvalue weighted by Crippen LogP contribution is 2.25. The predicted molar refractivity (Wildman–Crippen MR) is 55.0 cm³/mol. The fourth-order valence-corrected chi connectivity index (χ4v) is 1.54. The summed E-state index contributed by atoms with van der Waals surface area (Å²) in [5, 5.41) is 1.99. The monoisotopic (exact) mass is 192 g/mol. The summed E-state index contributed by atoms with van der Waals surface area (Å²) in [6.45, 7) is 7.35. The molecular weight excluding hydrogens is 176 g/mol. The van der Waals surface area contributed by atoms with E-state index in [1.54, 1.807) is 6.20 Å². The first-order valence-electron chi connectivity index (χ1n) is 4.97. The van der Waals surface area contributed by atoms with Gasteiger partial charge in [-0.2, -0.15) is 0 Å². The summed E-state index contributed by atoms with van der Waals surface area (Å²) in [6.07, 6.45) is 2.78. The number of hydrogen-bond acceptors (Lipinski definition) is 3. The highest BCUT2D eigenvalue weighted by Gasteiger charge is 2.28. The molecule has 0 atom stereocenters. The molecule has 0 aliphatic carbocycles. The number of pyridine rings is 1. The summed E-state index contributed by atoms with van der Waals surface area (Å²) in [6, 6.07) is 4.03. The van der Waals surface area contributed by atoms with Crippen LogP contribution in [0.1, 0.15) is 26.3 Å². The predicted octanol–water partition coefficient (Wildman–Crippen LogP) is 2.03. The molecule has 3 nitrogen and oxygen atoms in total. The van der Waals surface area contributed by atoms with Gasteiger partial charge in [-0.25, -0.2) is 4.98 Å². The molecule has 0 N–H and O–H groups in total. The summed E-state index contributed by atoms with van der Waals surface area (Å²) >= 11 is 0. The number of nitrogens with zero attached hydrogens (tertiary/aromatic N) is 2. The molecule has 0 bridgehead atoms. The Morgan fingerprint density at radius 1 is 1.43 bits per heavy atom. The molecule has 0 amide bonds. The van der Waals surface area contributed by atoms with E-state index in [0.717, 1.165) is 18.8 Å². The molecule has 0 spiro atoms. The standard InChI is InChI=1S/C11H16N2O/c1-11(2,3)13-8-6-9-5-4-7-12-10(9)14-13/h4-5,7H,6,8H2,1-3H3. The zero-order valence-corrected chi connectivity index (χ0v) is 8.95. The lowest BCUT2D eigenvalue weighted by Gasteiger charge is -2.37. The van der Waals surface area contributed by atoms with Crippen LogP contribution in [0, 0.1) is 0 Å². The number of hydroxylamine groups is 2. The maximum absolute atomic E-state index is 5.72. The van der Waals surface area contributed by atoms with E-state index in [0.29, 0.717) is 0 Å². The topological polar surface area (TPSA) is 25.4 Å². The molecule has 0 fully saturated rings. The molecule has 0 aromatic carbocycles. The quantitative estimate of drug-likeness (QED) is 0.629. The van der Waals surface area contributed by atoms with Crippen LogP contribution in [0.2, 0.25) is 0 Å². The van der Waals surface area contributed by atoms with Gasteiger partial charge in [-0.3, -0.25) is 0 Å². The van der Waals surface area contributed by atoms with Crippen molar-refractivity contribution in [1.29, 1.82) is 0 Å². The minimum absolute atomic E-state index is 0.0369. The van der Waals surface area contributed by atoms with Crippen molar-refractivity contribution in [2.45, 2.75) is 32.7 Å². The molecule has 1 aromatic rings. The van der Waals surface area contributed by atoms with E-state index in [1.165, 1.54) is 5.56 Å². The van der Waals surface area contributed by atoms with Crippen molar-refractivity contribution in [3.8, 4) is 5.88 Å². The van der Waals surface area contributed by atoms with Crippen LogP contribution in [0.25, 0.3) is 0 Å². The molecule has 0 saturated carbocycles.